The number of aryl methyl sites for hydroxylation is 1. The number of hydrogen-bond donors (Lipinski definition) is 2. The highest BCUT2D eigenvalue weighted by atomic mass is 32.1. The lowest BCUT2D eigenvalue weighted by atomic mass is 10.1. The second-order valence-corrected chi connectivity index (χ2v) is 7.90. The molecule has 7 heteroatoms. The van der Waals surface area contributed by atoms with E-state index in [1.807, 2.05) is 36.6 Å². The summed E-state index contributed by atoms with van der Waals surface area (Å²) < 4.78 is 1.02. The maximum absolute atomic E-state index is 12.8. The summed E-state index contributed by atoms with van der Waals surface area (Å²) in [6.07, 6.45) is 0. The number of nitrogens with zero attached hydrogens (tertiary/aromatic N) is 1. The van der Waals surface area contributed by atoms with Crippen LogP contribution in [0.3, 0.4) is 0 Å². The predicted molar refractivity (Wildman–Crippen MR) is 111 cm³/mol. The van der Waals surface area contributed by atoms with Crippen molar-refractivity contribution in [1.29, 1.82) is 0 Å². The molecule has 2 amide bonds. The quantitative estimate of drug-likeness (QED) is 0.502. The number of anilines is 2. The summed E-state index contributed by atoms with van der Waals surface area (Å²) in [7, 11) is 0. The molecule has 2 aromatic heterocycles. The van der Waals surface area contributed by atoms with Crippen molar-refractivity contribution in [2.24, 2.45) is 0 Å². The van der Waals surface area contributed by atoms with Gasteiger partial charge in [-0.05, 0) is 48.2 Å². The van der Waals surface area contributed by atoms with Crippen molar-refractivity contribution in [3.05, 3.63) is 76.0 Å². The highest BCUT2D eigenvalue weighted by Gasteiger charge is 2.16. The fourth-order valence-electron chi connectivity index (χ4n) is 2.63. The largest absolute Gasteiger partial charge is 0.321 e. The van der Waals surface area contributed by atoms with Crippen molar-refractivity contribution in [2.45, 2.75) is 6.92 Å². The summed E-state index contributed by atoms with van der Waals surface area (Å²) in [5, 5.41) is 8.01. The molecule has 0 aliphatic carbocycles. The van der Waals surface area contributed by atoms with Crippen molar-refractivity contribution < 1.29 is 9.59 Å². The maximum Gasteiger partial charge on any atom is 0.265 e. The highest BCUT2D eigenvalue weighted by Crippen LogP contribution is 2.27. The molecule has 2 N–H and O–H groups in total. The van der Waals surface area contributed by atoms with E-state index in [1.54, 1.807) is 30.3 Å². The number of carbonyl (C=O) groups is 2. The molecule has 0 aliphatic rings. The fourth-order valence-corrected chi connectivity index (χ4v) is 4.21. The van der Waals surface area contributed by atoms with Crippen LogP contribution in [-0.4, -0.2) is 16.8 Å². The van der Waals surface area contributed by atoms with Crippen LogP contribution in [0.15, 0.2) is 60.0 Å². The number of carbonyl (C=O) groups excluding carboxylic acids is 2. The van der Waals surface area contributed by atoms with Gasteiger partial charge in [-0.1, -0.05) is 35.6 Å². The van der Waals surface area contributed by atoms with Gasteiger partial charge in [-0.25, -0.2) is 4.98 Å². The van der Waals surface area contributed by atoms with Crippen LogP contribution in [-0.2, 0) is 0 Å². The van der Waals surface area contributed by atoms with E-state index in [0.29, 0.717) is 21.3 Å². The van der Waals surface area contributed by atoms with E-state index in [0.717, 1.165) is 15.8 Å². The van der Waals surface area contributed by atoms with Gasteiger partial charge in [-0.3, -0.25) is 14.9 Å². The molecule has 4 aromatic rings. The molecule has 2 heterocycles. The van der Waals surface area contributed by atoms with E-state index >= 15 is 0 Å². The molecular formula is C20H15N3O2S2. The van der Waals surface area contributed by atoms with E-state index in [2.05, 4.69) is 15.6 Å². The Morgan fingerprint density at radius 2 is 1.81 bits per heavy atom. The van der Waals surface area contributed by atoms with Crippen molar-refractivity contribution in [3.8, 4) is 0 Å². The molecule has 0 spiro atoms. The number of para-hydroxylation sites is 1. The van der Waals surface area contributed by atoms with E-state index < -0.39 is 0 Å². The summed E-state index contributed by atoms with van der Waals surface area (Å²) in [5.74, 6) is -0.548. The minimum Gasteiger partial charge on any atom is -0.321 e. The van der Waals surface area contributed by atoms with Crippen LogP contribution in [0.2, 0.25) is 0 Å². The smallest absolute Gasteiger partial charge is 0.265 e. The minimum atomic E-state index is -0.312. The minimum absolute atomic E-state index is 0.235. The number of aromatic nitrogens is 1. The molecule has 0 fully saturated rings. The van der Waals surface area contributed by atoms with Gasteiger partial charge in [0.15, 0.2) is 5.13 Å². The Hall–Kier alpha value is -3.03. The summed E-state index contributed by atoms with van der Waals surface area (Å²) in [6, 6.07) is 16.4. The third kappa shape index (κ3) is 3.74. The Bertz CT molecular complexity index is 1130. The molecule has 0 saturated heterocycles. The Morgan fingerprint density at radius 1 is 0.963 bits per heavy atom. The van der Waals surface area contributed by atoms with Gasteiger partial charge in [0, 0.05) is 0 Å². The van der Waals surface area contributed by atoms with Crippen molar-refractivity contribution >= 4 is 55.5 Å². The molecule has 0 bridgehead atoms. The molecular weight excluding hydrogens is 378 g/mol. The van der Waals surface area contributed by atoms with Gasteiger partial charge < -0.3 is 5.32 Å². The Kier molecular flexibility index (Phi) is 4.70. The second-order valence-electron chi connectivity index (χ2n) is 5.92. The SMILES string of the molecule is Cc1ccc2nc(NC(=O)c3ccccc3NC(=O)c3cccs3)sc2c1. The topological polar surface area (TPSA) is 71.1 Å². The Balaban J connectivity index is 1.57. The molecule has 2 aromatic carbocycles. The average molecular weight is 393 g/mol. The monoisotopic (exact) mass is 393 g/mol. The standard InChI is InChI=1S/C20H15N3O2S2/c1-12-8-9-15-17(11-12)27-20(22-15)23-18(24)13-5-2-3-6-14(13)21-19(25)16-7-4-10-26-16/h2-11H,1H3,(H,21,25)(H,22,23,24). The Labute approximate surface area is 163 Å². The van der Waals surface area contributed by atoms with Gasteiger partial charge in [0.05, 0.1) is 26.3 Å². The zero-order valence-corrected chi connectivity index (χ0v) is 16.0. The lowest BCUT2D eigenvalue weighted by molar-refractivity contribution is 0.102. The third-order valence-corrected chi connectivity index (χ3v) is 5.73. The molecule has 4 rings (SSSR count). The van der Waals surface area contributed by atoms with Crippen LogP contribution >= 0.6 is 22.7 Å². The number of thiophene rings is 1. The zero-order valence-electron chi connectivity index (χ0n) is 14.4. The van der Waals surface area contributed by atoms with E-state index in [9.17, 15) is 9.59 Å². The van der Waals surface area contributed by atoms with Crippen molar-refractivity contribution in [1.82, 2.24) is 4.98 Å². The number of nitrogens with one attached hydrogen (secondary N) is 2. The number of rotatable bonds is 4. The van der Waals surface area contributed by atoms with Gasteiger partial charge in [0.1, 0.15) is 0 Å². The van der Waals surface area contributed by atoms with E-state index in [-0.39, 0.29) is 11.8 Å². The summed E-state index contributed by atoms with van der Waals surface area (Å²) in [4.78, 5) is 30.1. The van der Waals surface area contributed by atoms with Crippen molar-refractivity contribution in [2.75, 3.05) is 10.6 Å². The van der Waals surface area contributed by atoms with Gasteiger partial charge in [0.25, 0.3) is 11.8 Å². The number of hydrogen-bond acceptors (Lipinski definition) is 5. The number of fused-ring (bicyclic) bond motifs is 1. The summed E-state index contributed by atoms with van der Waals surface area (Å²) in [5.41, 5.74) is 2.84. The fraction of sp³-hybridized carbons (Fsp3) is 0.0500. The van der Waals surface area contributed by atoms with Crippen LogP contribution in [0, 0.1) is 6.92 Å². The molecule has 134 valence electrons. The van der Waals surface area contributed by atoms with Gasteiger partial charge >= 0.3 is 0 Å². The first-order valence-electron chi connectivity index (χ1n) is 8.22. The van der Waals surface area contributed by atoms with E-state index in [4.69, 9.17) is 0 Å². The average Bonchev–Trinajstić information content (AvgIpc) is 3.31. The molecule has 27 heavy (non-hydrogen) atoms. The number of thiazole rings is 1. The number of benzene rings is 2. The first kappa shape index (κ1) is 17.4. The van der Waals surface area contributed by atoms with Gasteiger partial charge in [-0.2, -0.15) is 0 Å². The molecule has 0 radical (unpaired) electrons. The van der Waals surface area contributed by atoms with E-state index in [1.165, 1.54) is 22.7 Å². The maximum atomic E-state index is 12.8. The van der Waals surface area contributed by atoms with Crippen molar-refractivity contribution in [3.63, 3.8) is 0 Å². The first-order chi connectivity index (χ1) is 13.1. The summed E-state index contributed by atoms with van der Waals surface area (Å²) in [6.45, 7) is 2.02. The third-order valence-electron chi connectivity index (χ3n) is 3.93. The van der Waals surface area contributed by atoms with Gasteiger partial charge in [-0.15, -0.1) is 11.3 Å². The first-order valence-corrected chi connectivity index (χ1v) is 9.92. The number of amides is 2. The van der Waals surface area contributed by atoms with Crippen LogP contribution < -0.4 is 10.6 Å². The lowest BCUT2D eigenvalue weighted by Crippen LogP contribution is -2.17. The van der Waals surface area contributed by atoms with Gasteiger partial charge in [0.2, 0.25) is 0 Å². The highest BCUT2D eigenvalue weighted by molar-refractivity contribution is 7.22. The second kappa shape index (κ2) is 7.30. The molecule has 5 nitrogen and oxygen atoms in total. The van der Waals surface area contributed by atoms with Crippen LogP contribution in [0.4, 0.5) is 10.8 Å². The van der Waals surface area contributed by atoms with Crippen LogP contribution in [0.5, 0.6) is 0 Å². The molecule has 0 saturated carbocycles. The molecule has 0 atom stereocenters. The summed E-state index contributed by atoms with van der Waals surface area (Å²) >= 11 is 2.77. The predicted octanol–water partition coefficient (Wildman–Crippen LogP) is 5.17. The van der Waals surface area contributed by atoms with Crippen LogP contribution in [0.1, 0.15) is 25.6 Å². The zero-order chi connectivity index (χ0) is 18.8. The normalized spacial score (nSPS) is 10.7. The lowest BCUT2D eigenvalue weighted by Gasteiger charge is -2.09. The van der Waals surface area contributed by atoms with Crippen LogP contribution in [0.25, 0.3) is 10.2 Å². The Morgan fingerprint density at radius 3 is 2.63 bits per heavy atom. The molecule has 0 aliphatic heterocycles. The molecule has 0 unspecified atom stereocenters.